The van der Waals surface area contributed by atoms with Gasteiger partial charge in [-0.3, -0.25) is 0 Å². The van der Waals surface area contributed by atoms with E-state index in [1.54, 1.807) is 0 Å². The molecule has 1 aromatic rings. The largest absolute Gasteiger partial charge is 0.494 e. The van der Waals surface area contributed by atoms with Crippen molar-refractivity contribution in [2.75, 3.05) is 19.7 Å². The van der Waals surface area contributed by atoms with E-state index in [2.05, 4.69) is 15.6 Å². The number of halogens is 4. The van der Waals surface area contributed by atoms with Gasteiger partial charge in [-0.05, 0) is 19.9 Å². The summed E-state index contributed by atoms with van der Waals surface area (Å²) in [5.74, 6) is 1.10. The van der Waals surface area contributed by atoms with Crippen LogP contribution in [0, 0.1) is 0 Å². The average Bonchev–Trinajstić information content (AvgIpc) is 2.45. The first-order valence-electron chi connectivity index (χ1n) is 7.26. The number of nitrogens with one attached hydrogen (secondary N) is 2. The molecule has 1 aromatic carbocycles. The fourth-order valence-corrected chi connectivity index (χ4v) is 1.76. The van der Waals surface area contributed by atoms with Crippen molar-refractivity contribution in [3.05, 3.63) is 29.8 Å². The highest BCUT2D eigenvalue weighted by Crippen LogP contribution is 2.19. The summed E-state index contributed by atoms with van der Waals surface area (Å²) in [5, 5.41) is 5.60. The van der Waals surface area contributed by atoms with Crippen molar-refractivity contribution in [1.82, 2.24) is 10.6 Å². The minimum atomic E-state index is -4.17. The SMILES string of the molecule is CCNC(=NCc1ccccc1OCC)NCCC(F)(F)F.I. The van der Waals surface area contributed by atoms with Gasteiger partial charge in [0.1, 0.15) is 5.75 Å². The normalized spacial score (nSPS) is 11.6. The van der Waals surface area contributed by atoms with Crippen molar-refractivity contribution < 1.29 is 17.9 Å². The van der Waals surface area contributed by atoms with Crippen LogP contribution < -0.4 is 15.4 Å². The maximum atomic E-state index is 12.2. The molecular formula is C15H23F3IN3O. The van der Waals surface area contributed by atoms with Crippen molar-refractivity contribution in [3.8, 4) is 5.75 Å². The number of nitrogens with zero attached hydrogens (tertiary/aromatic N) is 1. The van der Waals surface area contributed by atoms with E-state index >= 15 is 0 Å². The predicted octanol–water partition coefficient (Wildman–Crippen LogP) is 3.71. The van der Waals surface area contributed by atoms with E-state index in [1.165, 1.54) is 0 Å². The summed E-state index contributed by atoms with van der Waals surface area (Å²) >= 11 is 0. The zero-order chi connectivity index (χ0) is 16.4. The number of ether oxygens (including phenoxy) is 1. The van der Waals surface area contributed by atoms with Crippen LogP contribution in [0.5, 0.6) is 5.75 Å². The van der Waals surface area contributed by atoms with Gasteiger partial charge in [-0.15, -0.1) is 24.0 Å². The summed E-state index contributed by atoms with van der Waals surface area (Å²) in [6.45, 7) is 4.99. The third-order valence-corrected chi connectivity index (χ3v) is 2.73. The second-order valence-corrected chi connectivity index (χ2v) is 4.53. The summed E-state index contributed by atoms with van der Waals surface area (Å²) < 4.78 is 42.0. The quantitative estimate of drug-likeness (QED) is 0.382. The smallest absolute Gasteiger partial charge is 0.390 e. The van der Waals surface area contributed by atoms with Crippen LogP contribution >= 0.6 is 24.0 Å². The Morgan fingerprint density at radius 1 is 1.17 bits per heavy atom. The fourth-order valence-electron chi connectivity index (χ4n) is 1.76. The van der Waals surface area contributed by atoms with Crippen LogP contribution in [0.25, 0.3) is 0 Å². The zero-order valence-electron chi connectivity index (χ0n) is 13.2. The predicted molar refractivity (Wildman–Crippen MR) is 96.5 cm³/mol. The Balaban J connectivity index is 0.00000484. The van der Waals surface area contributed by atoms with E-state index in [9.17, 15) is 13.2 Å². The number of alkyl halides is 3. The molecule has 132 valence electrons. The van der Waals surface area contributed by atoms with Gasteiger partial charge in [-0.25, -0.2) is 4.99 Å². The molecule has 0 saturated carbocycles. The lowest BCUT2D eigenvalue weighted by Gasteiger charge is -2.13. The molecule has 2 N–H and O–H groups in total. The maximum absolute atomic E-state index is 12.2. The molecule has 0 radical (unpaired) electrons. The molecule has 0 spiro atoms. The Morgan fingerprint density at radius 3 is 2.48 bits per heavy atom. The molecule has 0 aromatic heterocycles. The van der Waals surface area contributed by atoms with Crippen LogP contribution in [-0.2, 0) is 6.54 Å². The molecule has 0 fully saturated rings. The first kappa shape index (κ1) is 21.8. The molecule has 0 unspecified atom stereocenters. The van der Waals surface area contributed by atoms with E-state index in [-0.39, 0.29) is 30.5 Å². The first-order valence-corrected chi connectivity index (χ1v) is 7.26. The van der Waals surface area contributed by atoms with Crippen molar-refractivity contribution in [1.29, 1.82) is 0 Å². The number of benzene rings is 1. The Hall–Kier alpha value is -1.19. The second-order valence-electron chi connectivity index (χ2n) is 4.53. The number of aliphatic imine (C=N–C) groups is 1. The van der Waals surface area contributed by atoms with E-state index in [0.29, 0.717) is 25.7 Å². The van der Waals surface area contributed by atoms with Gasteiger partial charge in [0.2, 0.25) is 0 Å². The van der Waals surface area contributed by atoms with Crippen molar-refractivity contribution in [3.63, 3.8) is 0 Å². The van der Waals surface area contributed by atoms with E-state index < -0.39 is 12.6 Å². The van der Waals surface area contributed by atoms with Crippen LogP contribution in [0.1, 0.15) is 25.8 Å². The summed E-state index contributed by atoms with van der Waals surface area (Å²) in [5.41, 5.74) is 0.886. The van der Waals surface area contributed by atoms with Crippen molar-refractivity contribution in [2.45, 2.75) is 33.0 Å². The molecular weight excluding hydrogens is 422 g/mol. The third kappa shape index (κ3) is 9.52. The summed E-state index contributed by atoms with van der Waals surface area (Å²) in [4.78, 5) is 4.29. The molecule has 0 bridgehead atoms. The number of guanidine groups is 1. The lowest BCUT2D eigenvalue weighted by Crippen LogP contribution is -2.38. The third-order valence-electron chi connectivity index (χ3n) is 2.73. The standard InChI is InChI=1S/C15H22F3N3O.HI/c1-3-19-14(20-10-9-15(16,17)18)21-11-12-7-5-6-8-13(12)22-4-2;/h5-8H,3-4,9-11H2,1-2H3,(H2,19,20,21);1H. The first-order chi connectivity index (χ1) is 10.5. The Morgan fingerprint density at radius 2 is 1.87 bits per heavy atom. The molecule has 0 aliphatic rings. The summed E-state index contributed by atoms with van der Waals surface area (Å²) in [7, 11) is 0. The van der Waals surface area contributed by atoms with Gasteiger partial charge in [0.25, 0.3) is 0 Å². The van der Waals surface area contributed by atoms with Gasteiger partial charge >= 0.3 is 6.18 Å². The van der Waals surface area contributed by atoms with Crippen LogP contribution in [0.15, 0.2) is 29.3 Å². The van der Waals surface area contributed by atoms with Crippen LogP contribution in [0.3, 0.4) is 0 Å². The van der Waals surface area contributed by atoms with E-state index in [4.69, 9.17) is 4.74 Å². The Bertz CT molecular complexity index is 481. The lowest BCUT2D eigenvalue weighted by atomic mass is 10.2. The lowest BCUT2D eigenvalue weighted by molar-refractivity contribution is -0.132. The molecule has 4 nitrogen and oxygen atoms in total. The molecule has 1 rings (SSSR count). The molecule has 0 atom stereocenters. The molecule has 23 heavy (non-hydrogen) atoms. The van der Waals surface area contributed by atoms with Crippen LogP contribution in [0.4, 0.5) is 13.2 Å². The molecule has 0 aliphatic heterocycles. The molecule has 0 aliphatic carbocycles. The summed E-state index contributed by atoms with van der Waals surface area (Å²) in [6, 6.07) is 7.47. The minimum Gasteiger partial charge on any atom is -0.494 e. The van der Waals surface area contributed by atoms with Gasteiger partial charge < -0.3 is 15.4 Å². The maximum Gasteiger partial charge on any atom is 0.390 e. The molecule has 0 saturated heterocycles. The van der Waals surface area contributed by atoms with Crippen molar-refractivity contribution >= 4 is 29.9 Å². The molecule has 0 heterocycles. The van der Waals surface area contributed by atoms with Gasteiger partial charge in [-0.2, -0.15) is 13.2 Å². The highest BCUT2D eigenvalue weighted by Gasteiger charge is 2.26. The second kappa shape index (κ2) is 11.4. The topological polar surface area (TPSA) is 45.7 Å². The van der Waals surface area contributed by atoms with E-state index in [1.807, 2.05) is 38.1 Å². The molecule has 8 heteroatoms. The zero-order valence-corrected chi connectivity index (χ0v) is 15.6. The molecule has 0 amide bonds. The van der Waals surface area contributed by atoms with Crippen LogP contribution in [-0.4, -0.2) is 31.8 Å². The fraction of sp³-hybridized carbons (Fsp3) is 0.533. The Labute approximate surface area is 151 Å². The Kier molecular flexibility index (Phi) is 10.8. The number of hydrogen-bond donors (Lipinski definition) is 2. The average molecular weight is 445 g/mol. The monoisotopic (exact) mass is 445 g/mol. The van der Waals surface area contributed by atoms with Crippen molar-refractivity contribution in [2.24, 2.45) is 4.99 Å². The number of rotatable bonds is 7. The van der Waals surface area contributed by atoms with E-state index in [0.717, 1.165) is 11.3 Å². The summed E-state index contributed by atoms with van der Waals surface area (Å²) in [6.07, 6.45) is -5.07. The van der Waals surface area contributed by atoms with Gasteiger partial charge in [0.05, 0.1) is 19.6 Å². The number of hydrogen-bond acceptors (Lipinski definition) is 2. The van der Waals surface area contributed by atoms with Gasteiger partial charge in [0.15, 0.2) is 5.96 Å². The van der Waals surface area contributed by atoms with Crippen LogP contribution in [0.2, 0.25) is 0 Å². The number of para-hydroxylation sites is 1. The highest BCUT2D eigenvalue weighted by molar-refractivity contribution is 14.0. The van der Waals surface area contributed by atoms with Gasteiger partial charge in [0, 0.05) is 18.7 Å². The van der Waals surface area contributed by atoms with Gasteiger partial charge in [-0.1, -0.05) is 18.2 Å². The highest BCUT2D eigenvalue weighted by atomic mass is 127. The minimum absolute atomic E-state index is 0.